The number of nitrogens with two attached hydrogens (primary N) is 2. The Bertz CT molecular complexity index is 2200. The summed E-state index contributed by atoms with van der Waals surface area (Å²) < 4.78 is 64.3. The molecule has 1 saturated carbocycles. The molecular formula is C41H48N4O9S2. The van der Waals surface area contributed by atoms with E-state index in [1.165, 1.54) is 0 Å². The van der Waals surface area contributed by atoms with Gasteiger partial charge in [-0.15, -0.1) is 0 Å². The minimum absolute atomic E-state index is 0.0709. The quantitative estimate of drug-likeness (QED) is 0.139. The van der Waals surface area contributed by atoms with Crippen LogP contribution in [0.4, 0.5) is 11.4 Å². The number of carbonyl (C=O) groups excluding carboxylic acids is 3. The molecule has 2 amide bonds. The first kappa shape index (κ1) is 42.1. The van der Waals surface area contributed by atoms with Gasteiger partial charge in [-0.25, -0.2) is 0 Å². The van der Waals surface area contributed by atoms with Crippen LogP contribution in [-0.2, 0) is 35.9 Å². The van der Waals surface area contributed by atoms with Gasteiger partial charge < -0.3 is 21.3 Å². The van der Waals surface area contributed by atoms with E-state index in [-0.39, 0.29) is 18.6 Å². The minimum Gasteiger partial charge on any atom is -0.366 e. The Kier molecular flexibility index (Phi) is 12.2. The van der Waals surface area contributed by atoms with E-state index in [0.29, 0.717) is 48.2 Å². The molecule has 0 spiro atoms. The van der Waals surface area contributed by atoms with Gasteiger partial charge in [-0.05, 0) is 85.4 Å². The molecule has 2 aromatic rings. The van der Waals surface area contributed by atoms with Crippen LogP contribution in [0.15, 0.2) is 108 Å². The lowest BCUT2D eigenvalue weighted by Gasteiger charge is -2.27. The molecule has 13 nitrogen and oxygen atoms in total. The number of nitrogens with zero attached hydrogens (tertiary/aromatic N) is 2. The Hall–Kier alpha value is -5.09. The van der Waals surface area contributed by atoms with Crippen molar-refractivity contribution in [2.75, 3.05) is 34.4 Å². The number of amides is 2. The Labute approximate surface area is 328 Å². The lowest BCUT2D eigenvalue weighted by molar-refractivity contribution is -0.111. The number of ketones is 1. The van der Waals surface area contributed by atoms with Crippen molar-refractivity contribution in [3.8, 4) is 0 Å². The number of benzene rings is 2. The van der Waals surface area contributed by atoms with Crippen molar-refractivity contribution in [3.05, 3.63) is 130 Å². The smallest absolute Gasteiger partial charge is 0.264 e. The summed E-state index contributed by atoms with van der Waals surface area (Å²) in [4.78, 5) is 41.1. The zero-order valence-corrected chi connectivity index (χ0v) is 33.5. The highest BCUT2D eigenvalue weighted by molar-refractivity contribution is 7.86. The average molecular weight is 805 g/mol. The number of primary amides is 2. The zero-order valence-electron chi connectivity index (χ0n) is 31.9. The molecule has 56 heavy (non-hydrogen) atoms. The molecule has 0 bridgehead atoms. The second-order valence-corrected chi connectivity index (χ2v) is 18.3. The third-order valence-corrected chi connectivity index (χ3v) is 12.1. The van der Waals surface area contributed by atoms with Crippen LogP contribution in [0.3, 0.4) is 0 Å². The van der Waals surface area contributed by atoms with Crippen molar-refractivity contribution in [2.24, 2.45) is 11.5 Å². The van der Waals surface area contributed by atoms with E-state index in [1.807, 2.05) is 61.8 Å². The number of allylic oxidation sites excluding steroid dienone is 12. The Morgan fingerprint density at radius 3 is 1.36 bits per heavy atom. The fourth-order valence-corrected chi connectivity index (χ4v) is 8.59. The van der Waals surface area contributed by atoms with Crippen LogP contribution in [0.2, 0.25) is 0 Å². The molecular weight excluding hydrogens is 757 g/mol. The topological polar surface area (TPSA) is 218 Å². The van der Waals surface area contributed by atoms with E-state index in [1.54, 1.807) is 60.7 Å². The van der Waals surface area contributed by atoms with Gasteiger partial charge in [0.25, 0.3) is 20.2 Å². The van der Waals surface area contributed by atoms with Crippen molar-refractivity contribution >= 4 is 49.2 Å². The predicted octanol–water partition coefficient (Wildman–Crippen LogP) is 5.43. The van der Waals surface area contributed by atoms with Crippen molar-refractivity contribution in [1.82, 2.24) is 0 Å². The first-order valence-corrected chi connectivity index (χ1v) is 21.4. The second kappa shape index (κ2) is 16.2. The molecule has 2 heterocycles. The maximum atomic E-state index is 13.3. The van der Waals surface area contributed by atoms with Crippen LogP contribution in [-0.4, -0.2) is 68.1 Å². The van der Waals surface area contributed by atoms with Gasteiger partial charge in [-0.1, -0.05) is 64.2 Å². The maximum absolute atomic E-state index is 13.3. The molecule has 2 aromatic carbocycles. The summed E-state index contributed by atoms with van der Waals surface area (Å²) in [7, 11) is -8.30. The fraction of sp³-hybridized carbons (Fsp3) is 0.341. The maximum Gasteiger partial charge on any atom is 0.264 e. The van der Waals surface area contributed by atoms with Crippen LogP contribution in [0.1, 0.15) is 85.2 Å². The average Bonchev–Trinajstić information content (AvgIpc) is 3.63. The summed E-state index contributed by atoms with van der Waals surface area (Å²) in [6.45, 7) is 8.57. The molecule has 0 aromatic heterocycles. The molecule has 298 valence electrons. The molecule has 0 atom stereocenters. The van der Waals surface area contributed by atoms with Crippen LogP contribution >= 0.6 is 0 Å². The lowest BCUT2D eigenvalue weighted by Crippen LogP contribution is -2.28. The summed E-state index contributed by atoms with van der Waals surface area (Å²) in [6.07, 6.45) is 16.0. The normalized spacial score (nSPS) is 20.7. The Balaban J connectivity index is 1.33. The molecule has 2 aliphatic heterocycles. The van der Waals surface area contributed by atoms with Gasteiger partial charge in [0.05, 0.1) is 11.5 Å². The van der Waals surface area contributed by atoms with Gasteiger partial charge in [0.1, 0.15) is 0 Å². The van der Waals surface area contributed by atoms with E-state index in [2.05, 4.69) is 0 Å². The molecule has 5 rings (SSSR count). The van der Waals surface area contributed by atoms with Crippen molar-refractivity contribution in [3.63, 3.8) is 0 Å². The summed E-state index contributed by atoms with van der Waals surface area (Å²) in [5.41, 5.74) is 17.0. The van der Waals surface area contributed by atoms with Gasteiger partial charge in [0, 0.05) is 69.0 Å². The highest BCUT2D eigenvalue weighted by Crippen LogP contribution is 2.49. The van der Waals surface area contributed by atoms with E-state index >= 15 is 0 Å². The van der Waals surface area contributed by atoms with Gasteiger partial charge in [0.2, 0.25) is 11.8 Å². The SMILES string of the molecule is CC1(C)C(=CC=CC=C2CCC(=CC=CC=C3N(CCCS(=O)(=O)O)c4ccc(C(N)=O)cc4C3(C)C)C2=O)N(CCCS(=O)(=O)O)c2ccc(C(N)=O)cc21. The van der Waals surface area contributed by atoms with E-state index in [4.69, 9.17) is 11.5 Å². The highest BCUT2D eigenvalue weighted by atomic mass is 32.2. The highest BCUT2D eigenvalue weighted by Gasteiger charge is 2.41. The molecule has 0 radical (unpaired) electrons. The largest absolute Gasteiger partial charge is 0.366 e. The van der Waals surface area contributed by atoms with Crippen LogP contribution in [0.25, 0.3) is 0 Å². The molecule has 0 unspecified atom stereocenters. The monoisotopic (exact) mass is 804 g/mol. The van der Waals surface area contributed by atoms with Gasteiger partial charge in [0.15, 0.2) is 5.78 Å². The van der Waals surface area contributed by atoms with Crippen molar-refractivity contribution < 1.29 is 40.3 Å². The standard InChI is InChI=1S/C41H48N4O9S2/c1-40(2)31-25-29(38(42)47)17-19-33(31)44(21-9-23-55(49,50)51)35(40)13-7-5-11-27-15-16-28(37(27)46)12-6-8-14-36-41(3,4)32-26-30(39(43)48)18-20-34(32)45(36)22-10-24-56(52,53)54/h5-8,11-14,17-20,25-26H,9-10,15-16,21-24H2,1-4H3,(H2,42,47)(H2,43,48)(H,49,50,51)(H,52,53,54). The first-order valence-electron chi connectivity index (χ1n) is 18.2. The number of Topliss-reactive ketones (excluding diaryl/α,β-unsaturated/α-hetero) is 1. The Morgan fingerprint density at radius 1 is 0.661 bits per heavy atom. The predicted molar refractivity (Wildman–Crippen MR) is 218 cm³/mol. The molecule has 3 aliphatic rings. The van der Waals surface area contributed by atoms with Crippen LogP contribution in [0.5, 0.6) is 0 Å². The third kappa shape index (κ3) is 9.29. The summed E-state index contributed by atoms with van der Waals surface area (Å²) in [6, 6.07) is 10.3. The molecule has 1 fully saturated rings. The number of hydrogen-bond acceptors (Lipinski definition) is 9. The van der Waals surface area contributed by atoms with Gasteiger partial charge in [-0.2, -0.15) is 16.8 Å². The van der Waals surface area contributed by atoms with Gasteiger partial charge in [-0.3, -0.25) is 23.5 Å². The van der Waals surface area contributed by atoms with E-state index < -0.39 is 54.4 Å². The molecule has 1 aliphatic carbocycles. The van der Waals surface area contributed by atoms with Gasteiger partial charge >= 0.3 is 0 Å². The van der Waals surface area contributed by atoms with Crippen molar-refractivity contribution in [2.45, 2.75) is 64.2 Å². The number of rotatable bonds is 14. The summed E-state index contributed by atoms with van der Waals surface area (Å²) >= 11 is 0. The summed E-state index contributed by atoms with van der Waals surface area (Å²) in [5.74, 6) is -1.99. The number of anilines is 2. The summed E-state index contributed by atoms with van der Waals surface area (Å²) in [5, 5.41) is 0. The fourth-order valence-electron chi connectivity index (χ4n) is 7.61. The minimum atomic E-state index is -4.15. The van der Waals surface area contributed by atoms with Crippen molar-refractivity contribution in [1.29, 1.82) is 0 Å². The van der Waals surface area contributed by atoms with Crippen LogP contribution in [0, 0.1) is 0 Å². The molecule has 15 heteroatoms. The number of fused-ring (bicyclic) bond motifs is 2. The molecule has 0 saturated heterocycles. The third-order valence-electron chi connectivity index (χ3n) is 10.5. The first-order chi connectivity index (χ1) is 26.1. The lowest BCUT2D eigenvalue weighted by atomic mass is 9.83. The Morgan fingerprint density at radius 2 is 1.02 bits per heavy atom. The van der Waals surface area contributed by atoms with E-state index in [9.17, 15) is 40.3 Å². The molecule has 6 N–H and O–H groups in total. The number of carbonyl (C=O) groups is 3. The zero-order chi connectivity index (χ0) is 41.2. The number of hydrogen-bond donors (Lipinski definition) is 4. The second-order valence-electron chi connectivity index (χ2n) is 15.1. The van der Waals surface area contributed by atoms with E-state index in [0.717, 1.165) is 33.9 Å². The van der Waals surface area contributed by atoms with Crippen LogP contribution < -0.4 is 21.3 Å².